The third-order valence-corrected chi connectivity index (χ3v) is 6.86. The number of hydrogen-bond acceptors (Lipinski definition) is 10. The molecule has 1 amide bonds. The van der Waals surface area contributed by atoms with E-state index in [4.69, 9.17) is 9.47 Å². The van der Waals surface area contributed by atoms with Gasteiger partial charge in [0, 0.05) is 62.3 Å². The average Bonchev–Trinajstić information content (AvgIpc) is 3.01. The third-order valence-electron chi connectivity index (χ3n) is 6.86. The molecular weight excluding hydrogens is 538 g/mol. The van der Waals surface area contributed by atoms with Gasteiger partial charge in [0.2, 0.25) is 5.95 Å². The Labute approximate surface area is 243 Å². The lowest BCUT2D eigenvalue weighted by atomic mass is 10.2. The van der Waals surface area contributed by atoms with Gasteiger partial charge in [-0.25, -0.2) is 14.7 Å². The van der Waals surface area contributed by atoms with E-state index >= 15 is 0 Å². The van der Waals surface area contributed by atoms with Crippen molar-refractivity contribution in [3.8, 4) is 5.75 Å². The van der Waals surface area contributed by atoms with Crippen LogP contribution in [0.2, 0.25) is 0 Å². The van der Waals surface area contributed by atoms with E-state index in [1.54, 1.807) is 13.2 Å². The number of hydrogen-bond donors (Lipinski definition) is 1. The van der Waals surface area contributed by atoms with Crippen molar-refractivity contribution in [3.63, 3.8) is 0 Å². The van der Waals surface area contributed by atoms with E-state index in [2.05, 4.69) is 32.1 Å². The van der Waals surface area contributed by atoms with Crippen molar-refractivity contribution in [1.29, 1.82) is 0 Å². The number of piperazine rings is 1. The largest absolute Gasteiger partial charge is 0.494 e. The fraction of sp³-hybridized carbons (Fsp3) is 0.233. The molecule has 1 fully saturated rings. The van der Waals surface area contributed by atoms with E-state index in [-0.39, 0.29) is 29.7 Å². The van der Waals surface area contributed by atoms with Crippen LogP contribution in [0.15, 0.2) is 85.1 Å². The first-order valence-corrected chi connectivity index (χ1v) is 13.4. The highest BCUT2D eigenvalue weighted by Gasteiger charge is 2.24. The predicted molar refractivity (Wildman–Crippen MR) is 160 cm³/mol. The molecule has 0 atom stereocenters. The van der Waals surface area contributed by atoms with E-state index < -0.39 is 11.0 Å². The lowest BCUT2D eigenvalue weighted by Gasteiger charge is -2.34. The standard InChI is InChI=1S/C30H31N7O5/c1-34-15-17-35(18-16-34)23-11-12-26(27(20-23)41-2)32-29-31-14-13-28(33-29)36(24-9-6-10-25(19-24)37(39)40)30(38)42-21-22-7-4-3-5-8-22/h3-14,19-20H,15-18,21H2,1-2H3,(H,31,32,33). The molecule has 0 saturated carbocycles. The Bertz CT molecular complexity index is 1540. The number of non-ortho nitro benzene ring substituents is 1. The fourth-order valence-electron chi connectivity index (χ4n) is 4.56. The third kappa shape index (κ3) is 6.73. The number of methoxy groups -OCH3 is 1. The van der Waals surface area contributed by atoms with Crippen molar-refractivity contribution in [2.75, 3.05) is 55.5 Å². The van der Waals surface area contributed by atoms with Crippen LogP contribution in [0.1, 0.15) is 5.56 Å². The monoisotopic (exact) mass is 569 g/mol. The first-order chi connectivity index (χ1) is 20.4. The minimum atomic E-state index is -0.752. The van der Waals surface area contributed by atoms with E-state index in [0.717, 1.165) is 37.4 Å². The highest BCUT2D eigenvalue weighted by atomic mass is 16.6. The number of carbonyl (C=O) groups excluding carboxylic acids is 1. The average molecular weight is 570 g/mol. The molecule has 5 rings (SSSR count). The van der Waals surface area contributed by atoms with Gasteiger partial charge in [0.05, 0.1) is 23.4 Å². The van der Waals surface area contributed by atoms with Gasteiger partial charge in [-0.15, -0.1) is 0 Å². The maximum Gasteiger partial charge on any atom is 0.420 e. The number of carbonyl (C=O) groups is 1. The normalized spacial score (nSPS) is 13.3. The Kier molecular flexibility index (Phi) is 8.73. The molecule has 0 spiro atoms. The molecule has 0 aliphatic carbocycles. The quantitative estimate of drug-likeness (QED) is 0.208. The molecule has 0 radical (unpaired) electrons. The van der Waals surface area contributed by atoms with Gasteiger partial charge in [-0.1, -0.05) is 36.4 Å². The van der Waals surface area contributed by atoms with Crippen LogP contribution in [0.3, 0.4) is 0 Å². The maximum absolute atomic E-state index is 13.4. The number of anilines is 5. The van der Waals surface area contributed by atoms with Crippen LogP contribution in [0, 0.1) is 10.1 Å². The first kappa shape index (κ1) is 28.3. The summed E-state index contributed by atoms with van der Waals surface area (Å²) >= 11 is 0. The Morgan fingerprint density at radius 2 is 1.81 bits per heavy atom. The van der Waals surface area contributed by atoms with Crippen molar-refractivity contribution >= 4 is 40.6 Å². The van der Waals surface area contributed by atoms with Gasteiger partial charge in [0.25, 0.3) is 5.69 Å². The lowest BCUT2D eigenvalue weighted by Crippen LogP contribution is -2.44. The zero-order valence-corrected chi connectivity index (χ0v) is 23.3. The highest BCUT2D eigenvalue weighted by Crippen LogP contribution is 2.33. The summed E-state index contributed by atoms with van der Waals surface area (Å²) in [4.78, 5) is 39.0. The summed E-state index contributed by atoms with van der Waals surface area (Å²) in [5.74, 6) is 0.974. The molecule has 3 aromatic carbocycles. The van der Waals surface area contributed by atoms with Gasteiger partial charge in [-0.2, -0.15) is 4.98 Å². The van der Waals surface area contributed by atoms with Crippen LogP contribution in [-0.2, 0) is 11.3 Å². The minimum absolute atomic E-state index is 0.0120. The topological polar surface area (TPSA) is 126 Å². The van der Waals surface area contributed by atoms with E-state index in [9.17, 15) is 14.9 Å². The van der Waals surface area contributed by atoms with Gasteiger partial charge >= 0.3 is 6.09 Å². The van der Waals surface area contributed by atoms with Crippen molar-refractivity contribution < 1.29 is 19.2 Å². The first-order valence-electron chi connectivity index (χ1n) is 13.4. The van der Waals surface area contributed by atoms with Gasteiger partial charge < -0.3 is 24.6 Å². The van der Waals surface area contributed by atoms with Crippen molar-refractivity contribution in [2.45, 2.75) is 6.61 Å². The Morgan fingerprint density at radius 3 is 2.55 bits per heavy atom. The Hall–Kier alpha value is -5.23. The van der Waals surface area contributed by atoms with E-state index in [0.29, 0.717) is 11.4 Å². The van der Waals surface area contributed by atoms with Crippen LogP contribution in [-0.4, -0.2) is 66.2 Å². The molecule has 42 heavy (non-hydrogen) atoms. The van der Waals surface area contributed by atoms with Crippen LogP contribution in [0.25, 0.3) is 0 Å². The summed E-state index contributed by atoms with van der Waals surface area (Å²) in [5, 5.41) is 14.6. The number of aromatic nitrogens is 2. The number of benzene rings is 3. The zero-order chi connectivity index (χ0) is 29.5. The molecule has 12 nitrogen and oxygen atoms in total. The summed E-state index contributed by atoms with van der Waals surface area (Å²) in [7, 11) is 3.71. The second-order valence-corrected chi connectivity index (χ2v) is 9.69. The summed E-state index contributed by atoms with van der Waals surface area (Å²) in [5.41, 5.74) is 2.54. The lowest BCUT2D eigenvalue weighted by molar-refractivity contribution is -0.384. The molecule has 4 aromatic rings. The molecule has 12 heteroatoms. The number of nitro benzene ring substituents is 1. The molecule has 1 aliphatic rings. The van der Waals surface area contributed by atoms with Gasteiger partial charge in [-0.05, 0) is 30.8 Å². The molecule has 0 unspecified atom stereocenters. The Morgan fingerprint density at radius 1 is 1.02 bits per heavy atom. The second kappa shape index (κ2) is 13.0. The van der Waals surface area contributed by atoms with Gasteiger partial charge in [-0.3, -0.25) is 10.1 Å². The van der Waals surface area contributed by atoms with Crippen molar-refractivity contribution in [2.24, 2.45) is 0 Å². The molecule has 1 aliphatic heterocycles. The summed E-state index contributed by atoms with van der Waals surface area (Å²) in [6.45, 7) is 3.82. The predicted octanol–water partition coefficient (Wildman–Crippen LogP) is 5.36. The second-order valence-electron chi connectivity index (χ2n) is 9.69. The minimum Gasteiger partial charge on any atom is -0.494 e. The molecular formula is C30H31N7O5. The summed E-state index contributed by atoms with van der Waals surface area (Å²) in [6.07, 6.45) is 0.739. The van der Waals surface area contributed by atoms with Gasteiger partial charge in [0.15, 0.2) is 0 Å². The van der Waals surface area contributed by atoms with Gasteiger partial charge in [0.1, 0.15) is 18.2 Å². The number of likely N-dealkylation sites (N-methyl/N-ethyl adjacent to an activating group) is 1. The van der Waals surface area contributed by atoms with Crippen LogP contribution < -0.4 is 19.9 Å². The number of rotatable bonds is 9. The highest BCUT2D eigenvalue weighted by molar-refractivity contribution is 5.95. The molecule has 216 valence electrons. The van der Waals surface area contributed by atoms with Crippen LogP contribution in [0.4, 0.5) is 39.3 Å². The van der Waals surface area contributed by atoms with Crippen LogP contribution in [0.5, 0.6) is 5.75 Å². The summed E-state index contributed by atoms with van der Waals surface area (Å²) in [6, 6.07) is 22.3. The smallest absolute Gasteiger partial charge is 0.420 e. The summed E-state index contributed by atoms with van der Waals surface area (Å²) < 4.78 is 11.2. The number of ether oxygens (including phenoxy) is 2. The van der Waals surface area contributed by atoms with Crippen molar-refractivity contribution in [1.82, 2.24) is 14.9 Å². The van der Waals surface area contributed by atoms with Crippen LogP contribution >= 0.6 is 0 Å². The molecule has 0 bridgehead atoms. The molecule has 2 heterocycles. The molecule has 1 N–H and O–H groups in total. The Balaban J connectivity index is 1.42. The maximum atomic E-state index is 13.4. The fourth-order valence-corrected chi connectivity index (χ4v) is 4.56. The number of amides is 1. The van der Waals surface area contributed by atoms with Crippen molar-refractivity contribution in [3.05, 3.63) is 101 Å². The van der Waals surface area contributed by atoms with E-state index in [1.165, 1.54) is 35.4 Å². The molecule has 1 saturated heterocycles. The molecule has 1 aromatic heterocycles. The number of nitro groups is 1. The van der Waals surface area contributed by atoms with E-state index in [1.807, 2.05) is 48.5 Å². The SMILES string of the molecule is COc1cc(N2CCN(C)CC2)ccc1Nc1nccc(N(C(=O)OCc2ccccc2)c2cccc([N+](=O)[O-])c2)n1. The zero-order valence-electron chi connectivity index (χ0n) is 23.3. The number of nitrogens with one attached hydrogen (secondary N) is 1. The number of nitrogens with zero attached hydrogens (tertiary/aromatic N) is 6.